The lowest BCUT2D eigenvalue weighted by Crippen LogP contribution is -2.13. The molecule has 0 aromatic heterocycles. The van der Waals surface area contributed by atoms with Crippen LogP contribution in [0.4, 0.5) is 0 Å². The minimum absolute atomic E-state index is 0.165. The molecule has 0 aliphatic carbocycles. The molecule has 11 nitrogen and oxygen atoms in total. The second-order valence-corrected chi connectivity index (χ2v) is 12.8. The van der Waals surface area contributed by atoms with Crippen LogP contribution in [0.1, 0.15) is 60.5 Å². The highest BCUT2D eigenvalue weighted by Crippen LogP contribution is 2.51. The van der Waals surface area contributed by atoms with Crippen molar-refractivity contribution in [3.05, 3.63) is 95.1 Å². The molecule has 0 unspecified atom stereocenters. The second kappa shape index (κ2) is 18.3. The van der Waals surface area contributed by atoms with Crippen LogP contribution in [0.5, 0.6) is 46.0 Å². The predicted octanol–water partition coefficient (Wildman–Crippen LogP) is 8.36. The van der Waals surface area contributed by atoms with Crippen LogP contribution < -0.4 is 37.9 Å². The van der Waals surface area contributed by atoms with E-state index in [2.05, 4.69) is 13.8 Å². The van der Waals surface area contributed by atoms with Gasteiger partial charge in [0.15, 0.2) is 46.0 Å². The zero-order valence-electron chi connectivity index (χ0n) is 32.3. The molecule has 5 rings (SSSR count). The zero-order chi connectivity index (χ0) is 38.1. The first-order valence-corrected chi connectivity index (χ1v) is 17.5. The molecule has 4 aromatic carbocycles. The smallest absolute Gasteiger partial charge is 0.161 e. The van der Waals surface area contributed by atoms with Gasteiger partial charge in [0.05, 0.1) is 54.9 Å². The van der Waals surface area contributed by atoms with Gasteiger partial charge in [-0.05, 0) is 82.6 Å². The van der Waals surface area contributed by atoms with Crippen LogP contribution in [0.25, 0.3) is 0 Å². The fourth-order valence-electron chi connectivity index (χ4n) is 6.72. The third kappa shape index (κ3) is 8.70. The first-order chi connectivity index (χ1) is 25.7. The highest BCUT2D eigenvalue weighted by molar-refractivity contribution is 5.47. The SMILES string of the molecule is COc1ccc([C@H](COc2ccc([C@H]3O[C@H](c4ccc(OC[C@H](OC)c5ccc(OC)c(OC)c5)c(OC)c4)[C@H](C)[C@H]3C)cc2OC)OC)cc1OC. The molecule has 53 heavy (non-hydrogen) atoms. The van der Waals surface area contributed by atoms with E-state index >= 15 is 0 Å². The number of hydrogen-bond donors (Lipinski definition) is 0. The van der Waals surface area contributed by atoms with Gasteiger partial charge in [0.2, 0.25) is 0 Å². The maximum absolute atomic E-state index is 6.79. The summed E-state index contributed by atoms with van der Waals surface area (Å²) in [6, 6.07) is 23.3. The lowest BCUT2D eigenvalue weighted by molar-refractivity contribution is 0.0286. The van der Waals surface area contributed by atoms with E-state index in [1.54, 1.807) is 56.9 Å². The average molecular weight is 733 g/mol. The Kier molecular flexibility index (Phi) is 13.6. The number of benzene rings is 4. The summed E-state index contributed by atoms with van der Waals surface area (Å²) in [4.78, 5) is 0. The van der Waals surface area contributed by atoms with E-state index in [-0.39, 0.29) is 49.5 Å². The molecule has 0 spiro atoms. The van der Waals surface area contributed by atoms with Crippen LogP contribution in [0, 0.1) is 11.8 Å². The lowest BCUT2D eigenvalue weighted by atomic mass is 9.85. The molecule has 0 radical (unpaired) electrons. The van der Waals surface area contributed by atoms with Crippen LogP contribution in [-0.2, 0) is 14.2 Å². The van der Waals surface area contributed by atoms with Gasteiger partial charge in [0, 0.05) is 14.2 Å². The van der Waals surface area contributed by atoms with Crippen LogP contribution >= 0.6 is 0 Å². The summed E-state index contributed by atoms with van der Waals surface area (Å²) >= 11 is 0. The molecule has 6 atom stereocenters. The van der Waals surface area contributed by atoms with Crippen molar-refractivity contribution < 1.29 is 52.1 Å². The summed E-state index contributed by atoms with van der Waals surface area (Å²) in [7, 11) is 13.0. The van der Waals surface area contributed by atoms with Gasteiger partial charge < -0.3 is 52.1 Å². The standard InChI is InChI=1S/C42H52O11/c1-25-26(2)42(30-14-18-34(38(22-30)48-8)52-24-40(50-10)28-12-16-32(44-4)36(20-28)46-6)53-41(25)29-13-17-33(37(21-29)47-7)51-23-39(49-9)27-11-15-31(43-3)35(19-27)45-5/h11-22,25-26,39-42H,23-24H2,1-10H3/t25-,26-,39+,40+,41+,42+/m1/s1. The van der Waals surface area contributed by atoms with Crippen molar-refractivity contribution in [2.24, 2.45) is 11.8 Å². The van der Waals surface area contributed by atoms with Crippen molar-refractivity contribution in [3.8, 4) is 46.0 Å². The first-order valence-electron chi connectivity index (χ1n) is 17.5. The molecule has 0 saturated carbocycles. The number of rotatable bonds is 18. The van der Waals surface area contributed by atoms with Crippen molar-refractivity contribution in [3.63, 3.8) is 0 Å². The van der Waals surface area contributed by atoms with E-state index in [0.717, 1.165) is 22.3 Å². The predicted molar refractivity (Wildman–Crippen MR) is 200 cm³/mol. The molecule has 286 valence electrons. The molecule has 0 N–H and O–H groups in total. The normalized spacial score (nSPS) is 19.2. The molecule has 0 amide bonds. The summed E-state index contributed by atoms with van der Waals surface area (Å²) in [6.45, 7) is 4.96. The van der Waals surface area contributed by atoms with E-state index in [4.69, 9.17) is 52.1 Å². The first kappa shape index (κ1) is 39.4. The molecular weight excluding hydrogens is 680 g/mol. The summed E-state index contributed by atoms with van der Waals surface area (Å²) < 4.78 is 64.1. The zero-order valence-corrected chi connectivity index (χ0v) is 32.3. The fourth-order valence-corrected chi connectivity index (χ4v) is 6.72. The van der Waals surface area contributed by atoms with E-state index in [1.165, 1.54) is 0 Å². The Bertz CT molecular complexity index is 1660. The molecular formula is C42H52O11. The van der Waals surface area contributed by atoms with Crippen LogP contribution in [-0.4, -0.2) is 70.1 Å². The van der Waals surface area contributed by atoms with Gasteiger partial charge in [-0.15, -0.1) is 0 Å². The summed E-state index contributed by atoms with van der Waals surface area (Å²) in [5.41, 5.74) is 3.82. The Morgan fingerprint density at radius 3 is 1.11 bits per heavy atom. The van der Waals surface area contributed by atoms with E-state index < -0.39 is 0 Å². The third-order valence-corrected chi connectivity index (χ3v) is 10.0. The van der Waals surface area contributed by atoms with E-state index in [0.29, 0.717) is 46.0 Å². The molecule has 1 aliphatic rings. The summed E-state index contributed by atoms with van der Waals surface area (Å²) in [6.07, 6.45) is -1.01. The Morgan fingerprint density at radius 2 is 0.774 bits per heavy atom. The minimum Gasteiger partial charge on any atom is -0.493 e. The number of hydrogen-bond acceptors (Lipinski definition) is 11. The Balaban J connectivity index is 1.27. The van der Waals surface area contributed by atoms with Gasteiger partial charge in [-0.3, -0.25) is 0 Å². The van der Waals surface area contributed by atoms with Crippen LogP contribution in [0.2, 0.25) is 0 Å². The van der Waals surface area contributed by atoms with Gasteiger partial charge in [0.25, 0.3) is 0 Å². The molecule has 1 heterocycles. The summed E-state index contributed by atoms with van der Waals surface area (Å²) in [5.74, 6) is 5.41. The molecule has 1 saturated heterocycles. The third-order valence-electron chi connectivity index (χ3n) is 10.0. The minimum atomic E-state index is -0.341. The van der Waals surface area contributed by atoms with Crippen molar-refractivity contribution in [1.82, 2.24) is 0 Å². The van der Waals surface area contributed by atoms with Crippen molar-refractivity contribution in [2.45, 2.75) is 38.3 Å². The topological polar surface area (TPSA) is 102 Å². The Labute approximate surface area is 312 Å². The highest BCUT2D eigenvalue weighted by atomic mass is 16.6. The van der Waals surface area contributed by atoms with Gasteiger partial charge >= 0.3 is 0 Å². The molecule has 4 aromatic rings. The van der Waals surface area contributed by atoms with E-state index in [1.807, 2.05) is 72.8 Å². The van der Waals surface area contributed by atoms with Crippen molar-refractivity contribution in [2.75, 3.05) is 70.1 Å². The summed E-state index contributed by atoms with van der Waals surface area (Å²) in [5, 5.41) is 0. The van der Waals surface area contributed by atoms with Gasteiger partial charge in [-0.25, -0.2) is 0 Å². The molecule has 1 aliphatic heterocycles. The van der Waals surface area contributed by atoms with Crippen LogP contribution in [0.3, 0.4) is 0 Å². The molecule has 1 fully saturated rings. The Hall–Kier alpha value is -4.84. The maximum atomic E-state index is 6.79. The van der Waals surface area contributed by atoms with Gasteiger partial charge in [-0.2, -0.15) is 0 Å². The fraction of sp³-hybridized carbons (Fsp3) is 0.429. The monoisotopic (exact) mass is 732 g/mol. The second-order valence-electron chi connectivity index (χ2n) is 12.8. The van der Waals surface area contributed by atoms with E-state index in [9.17, 15) is 0 Å². The van der Waals surface area contributed by atoms with Crippen molar-refractivity contribution in [1.29, 1.82) is 0 Å². The lowest BCUT2D eigenvalue weighted by Gasteiger charge is -2.21. The van der Waals surface area contributed by atoms with Gasteiger partial charge in [-0.1, -0.05) is 38.1 Å². The maximum Gasteiger partial charge on any atom is 0.161 e. The Morgan fingerprint density at radius 1 is 0.434 bits per heavy atom. The number of methoxy groups -OCH3 is 8. The largest absolute Gasteiger partial charge is 0.493 e. The van der Waals surface area contributed by atoms with Gasteiger partial charge in [0.1, 0.15) is 25.4 Å². The van der Waals surface area contributed by atoms with Crippen LogP contribution in [0.15, 0.2) is 72.8 Å². The average Bonchev–Trinajstić information content (AvgIpc) is 3.50. The van der Waals surface area contributed by atoms with Crippen molar-refractivity contribution >= 4 is 0 Å². The molecule has 11 heteroatoms. The highest BCUT2D eigenvalue weighted by Gasteiger charge is 2.41. The number of ether oxygens (including phenoxy) is 11. The molecule has 0 bridgehead atoms. The quantitative estimate of drug-likeness (QED) is 0.0987.